The van der Waals surface area contributed by atoms with E-state index in [4.69, 9.17) is 9.47 Å². The number of ether oxygens (including phenoxy) is 2. The van der Waals surface area contributed by atoms with Gasteiger partial charge in [0.2, 0.25) is 0 Å². The topological polar surface area (TPSA) is 69.0 Å². The smallest absolute Gasteiger partial charge is 0.410 e. The Hall–Kier alpha value is -4.18. The number of para-hydroxylation sites is 1. The molecule has 5 rings (SSSR count). The van der Waals surface area contributed by atoms with Crippen molar-refractivity contribution < 1.29 is 14.3 Å². The van der Waals surface area contributed by atoms with Crippen molar-refractivity contribution in [3.63, 3.8) is 0 Å². The molecule has 40 heavy (non-hydrogen) atoms. The molecule has 0 unspecified atom stereocenters. The summed E-state index contributed by atoms with van der Waals surface area (Å²) in [5.74, 6) is 0.788. The summed E-state index contributed by atoms with van der Waals surface area (Å²) in [5, 5.41) is 10.5. The summed E-state index contributed by atoms with van der Waals surface area (Å²) >= 11 is 0. The van der Waals surface area contributed by atoms with E-state index in [2.05, 4.69) is 59.2 Å². The van der Waals surface area contributed by atoms with Crippen molar-refractivity contribution in [1.82, 2.24) is 4.90 Å². The highest BCUT2D eigenvalue weighted by Crippen LogP contribution is 2.43. The van der Waals surface area contributed by atoms with E-state index in [0.29, 0.717) is 19.5 Å². The molecule has 0 aliphatic carbocycles. The van der Waals surface area contributed by atoms with Gasteiger partial charge in [-0.05, 0) is 86.2 Å². The minimum atomic E-state index is -0.574. The third kappa shape index (κ3) is 5.44. The Bertz CT molecular complexity index is 1410. The standard InChI is InChI=1S/C33H38N4O3/c1-23-30(24-11-13-26(39-5)14-12-24)29-22-37(32(38)40-33(2,3)4)16-15-27(29)28(21-34)31(23)36-19-17-35(18-20-36)25-9-7-6-8-10-25/h6-14H,15-20,22H2,1-5H3. The number of carbonyl (C=O) groups is 1. The van der Waals surface area contributed by atoms with Crippen LogP contribution in [0.5, 0.6) is 5.75 Å². The number of methoxy groups -OCH3 is 1. The van der Waals surface area contributed by atoms with Gasteiger partial charge in [-0.2, -0.15) is 5.26 Å². The second kappa shape index (κ2) is 11.1. The van der Waals surface area contributed by atoms with Crippen molar-refractivity contribution in [1.29, 1.82) is 5.26 Å². The van der Waals surface area contributed by atoms with Crippen LogP contribution in [-0.2, 0) is 17.7 Å². The molecule has 0 saturated carbocycles. The molecule has 0 atom stereocenters. The van der Waals surface area contributed by atoms with Gasteiger partial charge in [-0.1, -0.05) is 30.3 Å². The summed E-state index contributed by atoms with van der Waals surface area (Å²) in [6.07, 6.45) is 0.286. The summed E-state index contributed by atoms with van der Waals surface area (Å²) in [6, 6.07) is 21.1. The van der Waals surface area contributed by atoms with Gasteiger partial charge in [-0.3, -0.25) is 0 Å². The minimum Gasteiger partial charge on any atom is -0.497 e. The number of fused-ring (bicyclic) bond motifs is 1. The predicted molar refractivity (Wildman–Crippen MR) is 159 cm³/mol. The Morgan fingerprint density at radius 3 is 2.15 bits per heavy atom. The normalized spacial score (nSPS) is 15.3. The summed E-state index contributed by atoms with van der Waals surface area (Å²) in [4.78, 5) is 19.6. The Balaban J connectivity index is 1.56. The molecule has 1 fully saturated rings. The molecule has 7 nitrogen and oxygen atoms in total. The molecule has 1 amide bonds. The van der Waals surface area contributed by atoms with Crippen molar-refractivity contribution in [2.75, 3.05) is 49.6 Å². The Morgan fingerprint density at radius 2 is 1.55 bits per heavy atom. The molecule has 0 aromatic heterocycles. The fraction of sp³-hybridized carbons (Fsp3) is 0.394. The zero-order valence-electron chi connectivity index (χ0n) is 24.2. The number of rotatable bonds is 4. The molecule has 208 valence electrons. The van der Waals surface area contributed by atoms with Gasteiger partial charge in [0.15, 0.2) is 0 Å². The fourth-order valence-corrected chi connectivity index (χ4v) is 5.92. The number of carbonyl (C=O) groups excluding carboxylic acids is 1. The number of hydrogen-bond donors (Lipinski definition) is 0. The van der Waals surface area contributed by atoms with Gasteiger partial charge in [0.1, 0.15) is 17.4 Å². The Labute approximate surface area is 237 Å². The first-order valence-electron chi connectivity index (χ1n) is 14.0. The van der Waals surface area contributed by atoms with Gasteiger partial charge in [0, 0.05) is 45.0 Å². The summed E-state index contributed by atoms with van der Waals surface area (Å²) in [5.41, 5.74) is 7.69. The van der Waals surface area contributed by atoms with Crippen LogP contribution in [0.3, 0.4) is 0 Å². The molecular formula is C33H38N4O3. The average molecular weight is 539 g/mol. The highest BCUT2D eigenvalue weighted by molar-refractivity contribution is 5.84. The van der Waals surface area contributed by atoms with Crippen LogP contribution in [-0.4, -0.2) is 56.4 Å². The monoisotopic (exact) mass is 538 g/mol. The second-order valence-electron chi connectivity index (χ2n) is 11.5. The number of nitriles is 1. The van der Waals surface area contributed by atoms with Crippen molar-refractivity contribution in [2.45, 2.75) is 46.3 Å². The molecule has 1 saturated heterocycles. The number of piperazine rings is 1. The van der Waals surface area contributed by atoms with Crippen LogP contribution in [0.25, 0.3) is 11.1 Å². The van der Waals surface area contributed by atoms with E-state index in [1.165, 1.54) is 5.69 Å². The van der Waals surface area contributed by atoms with Crippen molar-refractivity contribution in [3.05, 3.63) is 76.9 Å². The highest BCUT2D eigenvalue weighted by atomic mass is 16.6. The molecule has 0 spiro atoms. The lowest BCUT2D eigenvalue weighted by atomic mass is 9.83. The zero-order chi connectivity index (χ0) is 28.4. The van der Waals surface area contributed by atoms with E-state index in [1.807, 2.05) is 39.0 Å². The molecule has 0 bridgehead atoms. The third-order valence-electron chi connectivity index (χ3n) is 7.77. The van der Waals surface area contributed by atoms with Crippen molar-refractivity contribution in [2.24, 2.45) is 0 Å². The summed E-state index contributed by atoms with van der Waals surface area (Å²) in [7, 11) is 1.66. The minimum absolute atomic E-state index is 0.323. The zero-order valence-corrected chi connectivity index (χ0v) is 24.2. The molecule has 2 aliphatic heterocycles. The van der Waals surface area contributed by atoms with Gasteiger partial charge in [-0.25, -0.2) is 4.79 Å². The van der Waals surface area contributed by atoms with E-state index in [0.717, 1.165) is 71.0 Å². The number of amides is 1. The van der Waals surface area contributed by atoms with Crippen LogP contribution in [0, 0.1) is 18.3 Å². The van der Waals surface area contributed by atoms with E-state index < -0.39 is 5.60 Å². The number of nitrogens with zero attached hydrogens (tertiary/aromatic N) is 4. The third-order valence-corrected chi connectivity index (χ3v) is 7.77. The maximum atomic E-state index is 13.1. The van der Waals surface area contributed by atoms with Gasteiger partial charge in [0.25, 0.3) is 0 Å². The molecule has 0 N–H and O–H groups in total. The van der Waals surface area contributed by atoms with Gasteiger partial charge in [0.05, 0.1) is 18.4 Å². The van der Waals surface area contributed by atoms with E-state index in [-0.39, 0.29) is 6.09 Å². The van der Waals surface area contributed by atoms with Gasteiger partial charge in [-0.15, -0.1) is 0 Å². The largest absolute Gasteiger partial charge is 0.497 e. The second-order valence-corrected chi connectivity index (χ2v) is 11.5. The summed E-state index contributed by atoms with van der Waals surface area (Å²) < 4.78 is 11.1. The van der Waals surface area contributed by atoms with Crippen LogP contribution in [0.1, 0.15) is 43.0 Å². The molecule has 3 aromatic carbocycles. The SMILES string of the molecule is COc1ccc(-c2c(C)c(N3CCN(c4ccccc4)CC3)c(C#N)c3c2CN(C(=O)OC(C)(C)C)CC3)cc1. The average Bonchev–Trinajstić information content (AvgIpc) is 2.96. The molecular weight excluding hydrogens is 500 g/mol. The maximum Gasteiger partial charge on any atom is 0.410 e. The number of anilines is 2. The lowest BCUT2D eigenvalue weighted by Crippen LogP contribution is -2.47. The van der Waals surface area contributed by atoms with Crippen LogP contribution in [0.15, 0.2) is 54.6 Å². The first-order chi connectivity index (χ1) is 19.2. The Morgan fingerprint density at radius 1 is 0.900 bits per heavy atom. The first kappa shape index (κ1) is 27.4. The molecule has 7 heteroatoms. The van der Waals surface area contributed by atoms with E-state index in [9.17, 15) is 10.1 Å². The maximum absolute atomic E-state index is 13.1. The van der Waals surface area contributed by atoms with Crippen LogP contribution < -0.4 is 14.5 Å². The summed E-state index contributed by atoms with van der Waals surface area (Å²) in [6.45, 7) is 12.1. The lowest BCUT2D eigenvalue weighted by Gasteiger charge is -2.40. The van der Waals surface area contributed by atoms with Crippen molar-refractivity contribution >= 4 is 17.5 Å². The van der Waals surface area contributed by atoms with Gasteiger partial charge >= 0.3 is 6.09 Å². The molecule has 2 aliphatic rings. The number of hydrogen-bond acceptors (Lipinski definition) is 6. The van der Waals surface area contributed by atoms with E-state index in [1.54, 1.807) is 12.0 Å². The lowest BCUT2D eigenvalue weighted by molar-refractivity contribution is 0.0224. The first-order valence-corrected chi connectivity index (χ1v) is 14.0. The van der Waals surface area contributed by atoms with E-state index >= 15 is 0 Å². The number of benzene rings is 3. The molecule has 3 aromatic rings. The molecule has 2 heterocycles. The van der Waals surface area contributed by atoms with Crippen molar-refractivity contribution in [3.8, 4) is 22.9 Å². The Kier molecular flexibility index (Phi) is 7.62. The molecule has 0 radical (unpaired) electrons. The fourth-order valence-electron chi connectivity index (χ4n) is 5.92. The van der Waals surface area contributed by atoms with Crippen LogP contribution in [0.2, 0.25) is 0 Å². The van der Waals surface area contributed by atoms with Gasteiger partial charge < -0.3 is 24.2 Å². The highest BCUT2D eigenvalue weighted by Gasteiger charge is 2.33. The quantitative estimate of drug-likeness (QED) is 0.396. The predicted octanol–water partition coefficient (Wildman–Crippen LogP) is 6.16. The van der Waals surface area contributed by atoms with Crippen LogP contribution in [0.4, 0.5) is 16.2 Å². The van der Waals surface area contributed by atoms with Crippen LogP contribution >= 0.6 is 0 Å².